The minimum atomic E-state index is -0.520. The fourth-order valence-corrected chi connectivity index (χ4v) is 4.27. The van der Waals surface area contributed by atoms with Gasteiger partial charge in [0.05, 0.1) is 32.5 Å². The Bertz CT molecular complexity index is 1310. The summed E-state index contributed by atoms with van der Waals surface area (Å²) in [4.78, 5) is 45.4. The SMILES string of the molecule is Cn1c(CCC(=O)OCC(=O)NCCc2nc3ccccc3s2)nc2ccccc2c1=O. The Balaban J connectivity index is 1.22. The number of hydrogen-bond donors (Lipinski definition) is 1. The molecule has 4 aromatic rings. The summed E-state index contributed by atoms with van der Waals surface area (Å²) in [6, 6.07) is 15.0. The highest BCUT2D eigenvalue weighted by molar-refractivity contribution is 7.18. The summed E-state index contributed by atoms with van der Waals surface area (Å²) in [5, 5.41) is 4.21. The molecule has 0 unspecified atom stereocenters. The van der Waals surface area contributed by atoms with Gasteiger partial charge in [-0.15, -0.1) is 11.3 Å². The number of benzene rings is 2. The van der Waals surface area contributed by atoms with E-state index in [2.05, 4.69) is 15.3 Å². The van der Waals surface area contributed by atoms with Crippen molar-refractivity contribution in [2.75, 3.05) is 13.2 Å². The Hall–Kier alpha value is -3.59. The maximum atomic E-state index is 12.4. The van der Waals surface area contributed by atoms with Crippen LogP contribution in [0.3, 0.4) is 0 Å². The van der Waals surface area contributed by atoms with Crippen LogP contribution in [0.5, 0.6) is 0 Å². The molecule has 0 aliphatic rings. The Labute approximate surface area is 187 Å². The van der Waals surface area contributed by atoms with Crippen molar-refractivity contribution in [3.63, 3.8) is 0 Å². The Morgan fingerprint density at radius 3 is 2.59 bits per heavy atom. The second-order valence-electron chi connectivity index (χ2n) is 7.25. The smallest absolute Gasteiger partial charge is 0.306 e. The van der Waals surface area contributed by atoms with Crippen molar-refractivity contribution in [2.45, 2.75) is 19.3 Å². The molecule has 0 spiro atoms. The number of ether oxygens (including phenoxy) is 1. The number of esters is 1. The highest BCUT2D eigenvalue weighted by atomic mass is 32.1. The van der Waals surface area contributed by atoms with E-state index in [1.54, 1.807) is 36.6 Å². The number of hydrogen-bond acceptors (Lipinski definition) is 7. The largest absolute Gasteiger partial charge is 0.456 e. The van der Waals surface area contributed by atoms with Crippen LogP contribution in [0.1, 0.15) is 17.3 Å². The van der Waals surface area contributed by atoms with Gasteiger partial charge in [0.15, 0.2) is 6.61 Å². The number of nitrogens with one attached hydrogen (secondary N) is 1. The van der Waals surface area contributed by atoms with E-state index in [1.807, 2.05) is 30.3 Å². The van der Waals surface area contributed by atoms with Crippen molar-refractivity contribution in [3.05, 3.63) is 69.7 Å². The standard InChI is InChI=1S/C23H22N4O4S/c1-27-19(25-16-7-3-2-6-15(16)23(27)30)10-11-22(29)31-14-20(28)24-13-12-21-26-17-8-4-5-9-18(17)32-21/h2-9H,10-14H2,1H3,(H,24,28). The number of para-hydroxylation sites is 2. The highest BCUT2D eigenvalue weighted by Gasteiger charge is 2.12. The van der Waals surface area contributed by atoms with Crippen molar-refractivity contribution in [3.8, 4) is 0 Å². The summed E-state index contributed by atoms with van der Waals surface area (Å²) in [7, 11) is 1.63. The predicted molar refractivity (Wildman–Crippen MR) is 123 cm³/mol. The minimum Gasteiger partial charge on any atom is -0.456 e. The first-order valence-electron chi connectivity index (χ1n) is 10.2. The lowest BCUT2D eigenvalue weighted by atomic mass is 10.2. The van der Waals surface area contributed by atoms with Crippen molar-refractivity contribution in [1.82, 2.24) is 19.9 Å². The van der Waals surface area contributed by atoms with Crippen molar-refractivity contribution < 1.29 is 14.3 Å². The maximum absolute atomic E-state index is 12.4. The molecule has 0 saturated heterocycles. The van der Waals surface area contributed by atoms with Crippen LogP contribution in [0.15, 0.2) is 53.3 Å². The number of carbonyl (C=O) groups excluding carboxylic acids is 2. The molecule has 1 amide bonds. The van der Waals surface area contributed by atoms with Gasteiger partial charge in [0.2, 0.25) is 0 Å². The topological polar surface area (TPSA) is 103 Å². The van der Waals surface area contributed by atoms with E-state index < -0.39 is 5.97 Å². The van der Waals surface area contributed by atoms with Crippen LogP contribution >= 0.6 is 11.3 Å². The van der Waals surface area contributed by atoms with Gasteiger partial charge in [0, 0.05) is 26.4 Å². The number of nitrogens with zero attached hydrogens (tertiary/aromatic N) is 3. The first-order valence-corrected chi connectivity index (χ1v) is 11.0. The molecular weight excluding hydrogens is 428 g/mol. The van der Waals surface area contributed by atoms with Crippen LogP contribution in [0.25, 0.3) is 21.1 Å². The normalized spacial score (nSPS) is 11.0. The quantitative estimate of drug-likeness (QED) is 0.414. The number of thiazole rings is 1. The van der Waals surface area contributed by atoms with E-state index in [0.29, 0.717) is 29.7 Å². The Morgan fingerprint density at radius 1 is 1.03 bits per heavy atom. The molecule has 9 heteroatoms. The maximum Gasteiger partial charge on any atom is 0.306 e. The van der Waals surface area contributed by atoms with E-state index in [4.69, 9.17) is 4.74 Å². The molecule has 2 heterocycles. The van der Waals surface area contributed by atoms with Gasteiger partial charge < -0.3 is 10.1 Å². The Morgan fingerprint density at radius 2 is 1.78 bits per heavy atom. The third kappa shape index (κ3) is 5.00. The molecular formula is C23H22N4O4S. The van der Waals surface area contributed by atoms with Gasteiger partial charge in [-0.25, -0.2) is 9.97 Å². The molecule has 164 valence electrons. The van der Waals surface area contributed by atoms with Crippen molar-refractivity contribution >= 4 is 44.3 Å². The summed E-state index contributed by atoms with van der Waals surface area (Å²) < 4.78 is 7.60. The second-order valence-corrected chi connectivity index (χ2v) is 8.36. The molecule has 2 aromatic carbocycles. The van der Waals surface area contributed by atoms with Crippen LogP contribution in [-0.4, -0.2) is 39.6 Å². The molecule has 0 bridgehead atoms. The Kier molecular flexibility index (Phi) is 6.55. The zero-order valence-corrected chi connectivity index (χ0v) is 18.4. The summed E-state index contributed by atoms with van der Waals surface area (Å²) in [5.74, 6) is -0.393. The van der Waals surface area contributed by atoms with Crippen LogP contribution < -0.4 is 10.9 Å². The number of fused-ring (bicyclic) bond motifs is 2. The first kappa shape index (κ1) is 21.6. The second kappa shape index (κ2) is 9.69. The van der Waals surface area contributed by atoms with Crippen LogP contribution in [0.2, 0.25) is 0 Å². The zero-order chi connectivity index (χ0) is 22.5. The molecule has 0 radical (unpaired) electrons. The highest BCUT2D eigenvalue weighted by Crippen LogP contribution is 2.21. The molecule has 0 aliphatic heterocycles. The van der Waals surface area contributed by atoms with E-state index in [-0.39, 0.29) is 30.9 Å². The van der Waals surface area contributed by atoms with Gasteiger partial charge in [-0.2, -0.15) is 0 Å². The minimum absolute atomic E-state index is 0.0254. The molecule has 0 saturated carbocycles. The van der Waals surface area contributed by atoms with Crippen LogP contribution in [-0.2, 0) is 34.2 Å². The average molecular weight is 451 g/mol. The van der Waals surface area contributed by atoms with Gasteiger partial charge in [-0.05, 0) is 24.3 Å². The zero-order valence-electron chi connectivity index (χ0n) is 17.5. The van der Waals surface area contributed by atoms with E-state index >= 15 is 0 Å². The first-order chi connectivity index (χ1) is 15.5. The fourth-order valence-electron chi connectivity index (χ4n) is 3.31. The van der Waals surface area contributed by atoms with Crippen molar-refractivity contribution in [2.24, 2.45) is 7.05 Å². The monoisotopic (exact) mass is 450 g/mol. The van der Waals surface area contributed by atoms with Gasteiger partial charge in [-0.3, -0.25) is 19.0 Å². The molecule has 0 fully saturated rings. The summed E-state index contributed by atoms with van der Waals surface area (Å²) in [6.07, 6.45) is 0.882. The molecule has 0 aliphatic carbocycles. The lowest BCUT2D eigenvalue weighted by Gasteiger charge is -2.09. The van der Waals surface area contributed by atoms with Gasteiger partial charge in [-0.1, -0.05) is 24.3 Å². The third-order valence-corrected chi connectivity index (χ3v) is 6.09. The fraction of sp³-hybridized carbons (Fsp3) is 0.261. The van der Waals surface area contributed by atoms with E-state index in [1.165, 1.54) is 4.57 Å². The number of amides is 1. The van der Waals surface area contributed by atoms with Gasteiger partial charge in [0.25, 0.3) is 11.5 Å². The summed E-state index contributed by atoms with van der Waals surface area (Å²) in [5.41, 5.74) is 1.38. The molecule has 4 rings (SSSR count). The molecule has 1 N–H and O–H groups in total. The number of aromatic nitrogens is 3. The third-order valence-electron chi connectivity index (χ3n) is 4.99. The lowest BCUT2D eigenvalue weighted by Crippen LogP contribution is -2.30. The molecule has 8 nitrogen and oxygen atoms in total. The van der Waals surface area contributed by atoms with Gasteiger partial charge in [0.1, 0.15) is 5.82 Å². The van der Waals surface area contributed by atoms with E-state index in [0.717, 1.165) is 15.2 Å². The van der Waals surface area contributed by atoms with E-state index in [9.17, 15) is 14.4 Å². The lowest BCUT2D eigenvalue weighted by molar-refractivity contribution is -0.148. The number of carbonyl (C=O) groups is 2. The number of aryl methyl sites for hydroxylation is 1. The molecule has 0 atom stereocenters. The van der Waals surface area contributed by atoms with Crippen LogP contribution in [0.4, 0.5) is 0 Å². The number of rotatable bonds is 8. The summed E-state index contributed by atoms with van der Waals surface area (Å²) >= 11 is 1.60. The summed E-state index contributed by atoms with van der Waals surface area (Å²) in [6.45, 7) is 0.0715. The van der Waals surface area contributed by atoms with Crippen molar-refractivity contribution in [1.29, 1.82) is 0 Å². The average Bonchev–Trinajstić information content (AvgIpc) is 3.22. The van der Waals surface area contributed by atoms with Gasteiger partial charge >= 0.3 is 5.97 Å². The predicted octanol–water partition coefficient (Wildman–Crippen LogP) is 2.38. The van der Waals surface area contributed by atoms with Crippen LogP contribution in [0, 0.1) is 0 Å². The molecule has 32 heavy (non-hydrogen) atoms. The molecule has 2 aromatic heterocycles.